The van der Waals surface area contributed by atoms with Crippen LogP contribution in [-0.2, 0) is 10.0 Å². The van der Waals surface area contributed by atoms with E-state index in [-0.39, 0.29) is 37.8 Å². The van der Waals surface area contributed by atoms with Crippen molar-refractivity contribution in [3.8, 4) is 5.75 Å². The summed E-state index contributed by atoms with van der Waals surface area (Å²) in [7, 11) is -4.25. The van der Waals surface area contributed by atoms with Crippen molar-refractivity contribution < 1.29 is 35.5 Å². The van der Waals surface area contributed by atoms with E-state index in [4.69, 9.17) is 4.74 Å². The van der Waals surface area contributed by atoms with Gasteiger partial charge in [-0.3, -0.25) is 0 Å². The second-order valence-corrected chi connectivity index (χ2v) is 12.4. The summed E-state index contributed by atoms with van der Waals surface area (Å²) in [6.07, 6.45) is 3.21. The number of halogens is 4. The van der Waals surface area contributed by atoms with Gasteiger partial charge in [-0.05, 0) is 48.8 Å². The van der Waals surface area contributed by atoms with Gasteiger partial charge in [0, 0.05) is 23.6 Å². The first-order valence-corrected chi connectivity index (χ1v) is 14.4. The summed E-state index contributed by atoms with van der Waals surface area (Å²) in [6.45, 7) is 0.890. The number of ether oxygens (including phenoxy) is 1. The van der Waals surface area contributed by atoms with E-state index in [1.807, 2.05) is 19.1 Å². The van der Waals surface area contributed by atoms with Crippen molar-refractivity contribution in [3.63, 3.8) is 0 Å². The van der Waals surface area contributed by atoms with E-state index in [2.05, 4.69) is 4.72 Å². The van der Waals surface area contributed by atoms with Crippen LogP contribution in [0.15, 0.2) is 35.9 Å². The van der Waals surface area contributed by atoms with Gasteiger partial charge >= 0.3 is 6.03 Å². The summed E-state index contributed by atoms with van der Waals surface area (Å²) in [4.78, 5) is 16.1. The average molecular weight is 558 g/mol. The lowest BCUT2D eigenvalue weighted by atomic mass is 9.82. The third-order valence-corrected chi connectivity index (χ3v) is 8.98. The Kier molecular flexibility index (Phi) is 7.23. The minimum absolute atomic E-state index is 0.00144. The standard InChI is InChI=1S/C26H31F4N3O4S/c1-16-5-6-17-11-19(16)18-3-2-4-20(28)23(18)37-10-9-32(13-22(29)30)25(34)33-14-26(7-8-26)24(21(33)12-17)31-38(35,36)15-27/h2-4,6,11,16,21-22,24,31H,5,7-10,12-15H2,1H3/t16?,21-,24+/m0/s1. The van der Waals surface area contributed by atoms with E-state index in [0.717, 1.165) is 16.0 Å². The van der Waals surface area contributed by atoms with Crippen LogP contribution in [-0.4, -0.2) is 75.0 Å². The predicted octanol–water partition coefficient (Wildman–Crippen LogP) is 4.32. The van der Waals surface area contributed by atoms with E-state index in [1.165, 1.54) is 11.0 Å². The molecule has 1 N–H and O–H groups in total. The molecule has 2 bridgehead atoms. The van der Waals surface area contributed by atoms with Crippen molar-refractivity contribution in [2.24, 2.45) is 11.3 Å². The van der Waals surface area contributed by atoms with Gasteiger partial charge in [-0.25, -0.2) is 35.5 Å². The van der Waals surface area contributed by atoms with Crippen molar-refractivity contribution in [1.82, 2.24) is 14.5 Å². The second kappa shape index (κ2) is 10.2. The molecule has 1 unspecified atom stereocenters. The molecule has 2 aliphatic heterocycles. The monoisotopic (exact) mass is 557 g/mol. The Hall–Kier alpha value is -2.60. The highest BCUT2D eigenvalue weighted by molar-refractivity contribution is 7.89. The molecule has 0 radical (unpaired) electrons. The molecule has 208 valence electrons. The molecule has 0 aromatic heterocycles. The van der Waals surface area contributed by atoms with Gasteiger partial charge in [0.1, 0.15) is 6.61 Å². The van der Waals surface area contributed by atoms with Crippen molar-refractivity contribution in [2.75, 3.05) is 32.2 Å². The highest BCUT2D eigenvalue weighted by Crippen LogP contribution is 2.56. The molecular weight excluding hydrogens is 526 g/mol. The molecule has 38 heavy (non-hydrogen) atoms. The molecule has 2 heterocycles. The molecular formula is C26H31F4N3O4S. The molecule has 1 saturated carbocycles. The Bertz CT molecular complexity index is 1260. The first-order valence-electron chi connectivity index (χ1n) is 12.8. The average Bonchev–Trinajstić information content (AvgIpc) is 3.59. The molecule has 1 spiro atoms. The van der Waals surface area contributed by atoms with Gasteiger partial charge in [-0.1, -0.05) is 31.2 Å². The third kappa shape index (κ3) is 5.16. The lowest BCUT2D eigenvalue weighted by Crippen LogP contribution is -2.52. The first-order chi connectivity index (χ1) is 18.0. The smallest absolute Gasteiger partial charge is 0.320 e. The number of sulfonamides is 1. The SMILES string of the molecule is CC1CC=C2C=C1c1cccc(F)c1OCCN(CC(F)F)C(=O)N1CC3(CC3)[C@H](NS(=O)(=O)CF)[C@@H]1C2. The predicted molar refractivity (Wildman–Crippen MR) is 133 cm³/mol. The molecule has 2 fully saturated rings. The Morgan fingerprint density at radius 2 is 2.03 bits per heavy atom. The largest absolute Gasteiger partial charge is 0.488 e. The van der Waals surface area contributed by atoms with Crippen LogP contribution in [0.2, 0.25) is 0 Å². The zero-order valence-electron chi connectivity index (χ0n) is 21.0. The molecule has 2 aliphatic carbocycles. The van der Waals surface area contributed by atoms with Crippen LogP contribution in [0.3, 0.4) is 0 Å². The maximum Gasteiger partial charge on any atom is 0.320 e. The van der Waals surface area contributed by atoms with Crippen molar-refractivity contribution in [1.29, 1.82) is 0 Å². The second-order valence-electron chi connectivity index (χ2n) is 10.7. The highest BCUT2D eigenvalue weighted by atomic mass is 32.2. The van der Waals surface area contributed by atoms with Gasteiger partial charge in [0.2, 0.25) is 16.0 Å². The van der Waals surface area contributed by atoms with Crippen LogP contribution in [0.25, 0.3) is 5.57 Å². The molecule has 12 heteroatoms. The summed E-state index contributed by atoms with van der Waals surface area (Å²) in [5, 5.41) is 0. The van der Waals surface area contributed by atoms with Crippen LogP contribution >= 0.6 is 0 Å². The summed E-state index contributed by atoms with van der Waals surface area (Å²) >= 11 is 0. The fraction of sp³-hybridized carbons (Fsp3) is 0.577. The third-order valence-electron chi connectivity index (χ3n) is 8.08. The maximum absolute atomic E-state index is 14.9. The number of para-hydroxylation sites is 1. The van der Waals surface area contributed by atoms with E-state index in [1.54, 1.807) is 12.1 Å². The lowest BCUT2D eigenvalue weighted by molar-refractivity contribution is 0.0759. The normalized spacial score (nSPS) is 27.0. The number of fused-ring (bicyclic) bond motifs is 4. The quantitative estimate of drug-likeness (QED) is 0.547. The van der Waals surface area contributed by atoms with E-state index in [0.29, 0.717) is 24.8 Å². The highest BCUT2D eigenvalue weighted by Gasteiger charge is 2.61. The Balaban J connectivity index is 1.60. The number of amides is 2. The first kappa shape index (κ1) is 27.0. The molecule has 1 saturated heterocycles. The van der Waals surface area contributed by atoms with Crippen molar-refractivity contribution in [3.05, 3.63) is 47.3 Å². The van der Waals surface area contributed by atoms with Gasteiger partial charge in [0.05, 0.1) is 19.1 Å². The molecule has 7 nitrogen and oxygen atoms in total. The van der Waals surface area contributed by atoms with Gasteiger partial charge in [0.15, 0.2) is 11.6 Å². The summed E-state index contributed by atoms with van der Waals surface area (Å²) in [6, 6.07) is 0.837. The van der Waals surface area contributed by atoms with Crippen LogP contribution < -0.4 is 9.46 Å². The number of nitrogens with one attached hydrogen (secondary N) is 1. The van der Waals surface area contributed by atoms with E-state index < -0.39 is 58.3 Å². The Morgan fingerprint density at radius 1 is 1.26 bits per heavy atom. The fourth-order valence-corrected chi connectivity index (χ4v) is 6.83. The van der Waals surface area contributed by atoms with Crippen molar-refractivity contribution in [2.45, 2.75) is 51.1 Å². The lowest BCUT2D eigenvalue weighted by Gasteiger charge is -2.34. The Labute approximate surface area is 219 Å². The number of carbonyl (C=O) groups is 1. The zero-order valence-corrected chi connectivity index (χ0v) is 21.8. The number of nitrogens with zero attached hydrogens (tertiary/aromatic N) is 2. The van der Waals surface area contributed by atoms with E-state index in [9.17, 15) is 30.8 Å². The fourth-order valence-electron chi connectivity index (χ4n) is 5.98. The number of alkyl halides is 3. The van der Waals surface area contributed by atoms with Crippen LogP contribution in [0, 0.1) is 17.2 Å². The molecule has 1 aromatic rings. The molecule has 1 aromatic carbocycles. The van der Waals surface area contributed by atoms with Gasteiger partial charge < -0.3 is 14.5 Å². The summed E-state index contributed by atoms with van der Waals surface area (Å²) < 4.78 is 88.1. The topological polar surface area (TPSA) is 79.0 Å². The van der Waals surface area contributed by atoms with Crippen molar-refractivity contribution >= 4 is 21.6 Å². The minimum atomic E-state index is -4.25. The number of allylic oxidation sites excluding steroid dienone is 3. The van der Waals surface area contributed by atoms with Gasteiger partial charge in [-0.15, -0.1) is 0 Å². The number of hydrogen-bond acceptors (Lipinski definition) is 4. The number of carbonyl (C=O) groups excluding carboxylic acids is 1. The Morgan fingerprint density at radius 3 is 2.71 bits per heavy atom. The molecule has 3 atom stereocenters. The summed E-state index contributed by atoms with van der Waals surface area (Å²) in [5.41, 5.74) is 1.61. The number of urea groups is 1. The van der Waals surface area contributed by atoms with Gasteiger partial charge in [-0.2, -0.15) is 0 Å². The molecule has 4 aliphatic rings. The van der Waals surface area contributed by atoms with E-state index >= 15 is 0 Å². The number of hydrogen-bond donors (Lipinski definition) is 1. The molecule has 5 rings (SSSR count). The number of benzene rings is 1. The minimum Gasteiger partial charge on any atom is -0.488 e. The van der Waals surface area contributed by atoms with Crippen LogP contribution in [0.4, 0.5) is 22.4 Å². The summed E-state index contributed by atoms with van der Waals surface area (Å²) in [5.74, 6) is -0.563. The van der Waals surface area contributed by atoms with Gasteiger partial charge in [0.25, 0.3) is 6.43 Å². The zero-order chi connectivity index (χ0) is 27.2. The molecule has 2 amide bonds. The maximum atomic E-state index is 14.9. The van der Waals surface area contributed by atoms with Crippen LogP contribution in [0.5, 0.6) is 5.75 Å². The van der Waals surface area contributed by atoms with Crippen LogP contribution in [0.1, 0.15) is 38.2 Å². The number of rotatable bonds is 5.